The van der Waals surface area contributed by atoms with Gasteiger partial charge in [0, 0.05) is 13.1 Å². The van der Waals surface area contributed by atoms with Crippen LogP contribution in [0.2, 0.25) is 0 Å². The molecule has 0 radical (unpaired) electrons. The number of carbonyl (C=O) groups is 1. The van der Waals surface area contributed by atoms with Gasteiger partial charge in [0.2, 0.25) is 5.09 Å². The SMILES string of the molecule is CNS(=O)(=O)c1ccc(C(=O)N2CCCCC2)o1. The second-order valence-corrected chi connectivity index (χ2v) is 6.00. The predicted molar refractivity (Wildman–Crippen MR) is 64.7 cm³/mol. The Hall–Kier alpha value is -1.34. The fourth-order valence-corrected chi connectivity index (χ4v) is 2.58. The van der Waals surface area contributed by atoms with Crippen molar-refractivity contribution in [1.29, 1.82) is 0 Å². The van der Waals surface area contributed by atoms with E-state index in [4.69, 9.17) is 4.42 Å². The zero-order chi connectivity index (χ0) is 13.2. The summed E-state index contributed by atoms with van der Waals surface area (Å²) in [5, 5.41) is -0.231. The Morgan fingerprint density at radius 3 is 2.56 bits per heavy atom. The van der Waals surface area contributed by atoms with Crippen LogP contribution < -0.4 is 4.72 Å². The standard InChI is InChI=1S/C11H16N2O4S/c1-12-18(15,16)10-6-5-9(17-10)11(14)13-7-3-2-4-8-13/h5-6,12H,2-4,7-8H2,1H3. The molecule has 18 heavy (non-hydrogen) atoms. The highest BCUT2D eigenvalue weighted by molar-refractivity contribution is 7.89. The van der Waals surface area contributed by atoms with Crippen LogP contribution in [-0.4, -0.2) is 39.4 Å². The van der Waals surface area contributed by atoms with Gasteiger partial charge in [0.05, 0.1) is 0 Å². The molecule has 1 fully saturated rings. The quantitative estimate of drug-likeness (QED) is 0.883. The number of nitrogens with zero attached hydrogens (tertiary/aromatic N) is 1. The number of nitrogens with one attached hydrogen (secondary N) is 1. The number of hydrogen-bond donors (Lipinski definition) is 1. The van der Waals surface area contributed by atoms with Crippen molar-refractivity contribution in [3.05, 3.63) is 17.9 Å². The monoisotopic (exact) mass is 272 g/mol. The molecule has 0 bridgehead atoms. The van der Waals surface area contributed by atoms with Crippen molar-refractivity contribution in [3.63, 3.8) is 0 Å². The third-order valence-corrected chi connectivity index (χ3v) is 4.26. The van der Waals surface area contributed by atoms with Gasteiger partial charge in [0.1, 0.15) is 0 Å². The Kier molecular flexibility index (Phi) is 3.72. The lowest BCUT2D eigenvalue weighted by molar-refractivity contribution is 0.0686. The molecule has 2 heterocycles. The first-order chi connectivity index (χ1) is 8.54. The first-order valence-electron chi connectivity index (χ1n) is 5.87. The van der Waals surface area contributed by atoms with Gasteiger partial charge in [-0.1, -0.05) is 0 Å². The van der Waals surface area contributed by atoms with E-state index in [1.54, 1.807) is 4.90 Å². The van der Waals surface area contributed by atoms with Gasteiger partial charge in [0.15, 0.2) is 5.76 Å². The van der Waals surface area contributed by atoms with Crippen molar-refractivity contribution in [3.8, 4) is 0 Å². The summed E-state index contributed by atoms with van der Waals surface area (Å²) in [6, 6.07) is 2.70. The highest BCUT2D eigenvalue weighted by atomic mass is 32.2. The summed E-state index contributed by atoms with van der Waals surface area (Å²) in [6.07, 6.45) is 3.09. The number of furan rings is 1. The van der Waals surface area contributed by atoms with Crippen LogP contribution in [0.15, 0.2) is 21.6 Å². The van der Waals surface area contributed by atoms with Crippen LogP contribution in [0.3, 0.4) is 0 Å². The van der Waals surface area contributed by atoms with Crippen molar-refractivity contribution in [2.45, 2.75) is 24.4 Å². The van der Waals surface area contributed by atoms with E-state index in [9.17, 15) is 13.2 Å². The van der Waals surface area contributed by atoms with Gasteiger partial charge in [-0.05, 0) is 38.4 Å². The van der Waals surface area contributed by atoms with E-state index < -0.39 is 10.0 Å². The van der Waals surface area contributed by atoms with Gasteiger partial charge in [-0.3, -0.25) is 4.79 Å². The zero-order valence-corrected chi connectivity index (χ0v) is 11.0. The molecule has 0 saturated carbocycles. The summed E-state index contributed by atoms with van der Waals surface area (Å²) in [4.78, 5) is 13.7. The molecule has 0 atom stereocenters. The normalized spacial score (nSPS) is 16.8. The minimum absolute atomic E-state index is 0.0747. The summed E-state index contributed by atoms with van der Waals surface area (Å²) in [5.41, 5.74) is 0. The topological polar surface area (TPSA) is 79.6 Å². The first-order valence-corrected chi connectivity index (χ1v) is 7.35. The maximum Gasteiger partial charge on any atom is 0.289 e. The lowest BCUT2D eigenvalue weighted by Crippen LogP contribution is -2.35. The molecule has 1 aliphatic heterocycles. The van der Waals surface area contributed by atoms with E-state index >= 15 is 0 Å². The fraction of sp³-hybridized carbons (Fsp3) is 0.545. The molecule has 7 heteroatoms. The van der Waals surface area contributed by atoms with Crippen molar-refractivity contribution >= 4 is 15.9 Å². The van der Waals surface area contributed by atoms with E-state index in [1.807, 2.05) is 0 Å². The highest BCUT2D eigenvalue weighted by Crippen LogP contribution is 2.17. The van der Waals surface area contributed by atoms with E-state index in [2.05, 4.69) is 4.72 Å². The van der Waals surface area contributed by atoms with Gasteiger partial charge >= 0.3 is 0 Å². The molecular weight excluding hydrogens is 256 g/mol. The van der Waals surface area contributed by atoms with Gasteiger partial charge in [-0.25, -0.2) is 13.1 Å². The molecule has 6 nitrogen and oxygen atoms in total. The molecular formula is C11H16N2O4S. The number of rotatable bonds is 3. The molecule has 1 aromatic heterocycles. The van der Waals surface area contributed by atoms with E-state index in [0.29, 0.717) is 13.1 Å². The third-order valence-electron chi connectivity index (χ3n) is 2.97. The summed E-state index contributed by atoms with van der Waals surface area (Å²) >= 11 is 0. The fourth-order valence-electron chi connectivity index (χ4n) is 1.93. The number of piperidine rings is 1. The number of amides is 1. The minimum atomic E-state index is -3.63. The number of hydrogen-bond acceptors (Lipinski definition) is 4. The van der Waals surface area contributed by atoms with Crippen molar-refractivity contribution in [2.24, 2.45) is 0 Å². The van der Waals surface area contributed by atoms with Crippen molar-refractivity contribution in [1.82, 2.24) is 9.62 Å². The molecule has 1 aromatic rings. The molecule has 0 spiro atoms. The summed E-state index contributed by atoms with van der Waals surface area (Å²) in [7, 11) is -2.33. The van der Waals surface area contributed by atoms with Gasteiger partial charge in [-0.2, -0.15) is 0 Å². The molecule has 2 rings (SSSR count). The maximum atomic E-state index is 12.0. The second-order valence-electron chi connectivity index (χ2n) is 4.18. The van der Waals surface area contributed by atoms with Crippen molar-refractivity contribution < 1.29 is 17.6 Å². The number of likely N-dealkylation sites (tertiary alicyclic amines) is 1. The highest BCUT2D eigenvalue weighted by Gasteiger charge is 2.24. The van der Waals surface area contributed by atoms with Crippen LogP contribution in [0.4, 0.5) is 0 Å². The average molecular weight is 272 g/mol. The lowest BCUT2D eigenvalue weighted by Gasteiger charge is -2.25. The zero-order valence-electron chi connectivity index (χ0n) is 10.2. The molecule has 0 unspecified atom stereocenters. The Bertz CT molecular complexity index is 529. The van der Waals surface area contributed by atoms with Crippen LogP contribution in [0.25, 0.3) is 0 Å². The van der Waals surface area contributed by atoms with E-state index in [-0.39, 0.29) is 16.8 Å². The first kappa shape index (κ1) is 13.1. The Morgan fingerprint density at radius 1 is 1.28 bits per heavy atom. The van der Waals surface area contributed by atoms with Crippen LogP contribution in [0, 0.1) is 0 Å². The summed E-state index contributed by atoms with van der Waals surface area (Å²) in [5.74, 6) is -0.169. The Balaban J connectivity index is 2.17. The molecule has 100 valence electrons. The summed E-state index contributed by atoms with van der Waals surface area (Å²) in [6.45, 7) is 1.40. The predicted octanol–water partition coefficient (Wildman–Crippen LogP) is 0.814. The second kappa shape index (κ2) is 5.11. The van der Waals surface area contributed by atoms with Crippen molar-refractivity contribution in [2.75, 3.05) is 20.1 Å². The molecule has 0 aromatic carbocycles. The molecule has 0 aliphatic carbocycles. The molecule has 1 N–H and O–H groups in total. The number of carbonyl (C=O) groups excluding carboxylic acids is 1. The van der Waals surface area contributed by atoms with Crippen LogP contribution in [0.1, 0.15) is 29.8 Å². The van der Waals surface area contributed by atoms with Crippen LogP contribution >= 0.6 is 0 Å². The van der Waals surface area contributed by atoms with Gasteiger partial charge in [-0.15, -0.1) is 0 Å². The largest absolute Gasteiger partial charge is 0.438 e. The molecule has 1 saturated heterocycles. The van der Waals surface area contributed by atoms with Crippen LogP contribution in [0.5, 0.6) is 0 Å². The van der Waals surface area contributed by atoms with Crippen LogP contribution in [-0.2, 0) is 10.0 Å². The smallest absolute Gasteiger partial charge is 0.289 e. The van der Waals surface area contributed by atoms with E-state index in [1.165, 1.54) is 19.2 Å². The Morgan fingerprint density at radius 2 is 1.94 bits per heavy atom. The Labute approximate surface area is 106 Å². The maximum absolute atomic E-state index is 12.0. The summed E-state index contributed by atoms with van der Waals surface area (Å²) < 4.78 is 30.2. The average Bonchev–Trinajstić information content (AvgIpc) is 2.89. The van der Waals surface area contributed by atoms with Gasteiger partial charge < -0.3 is 9.32 Å². The van der Waals surface area contributed by atoms with E-state index in [0.717, 1.165) is 19.3 Å². The van der Waals surface area contributed by atoms with Gasteiger partial charge in [0.25, 0.3) is 15.9 Å². The minimum Gasteiger partial charge on any atom is -0.438 e. The molecule has 1 amide bonds. The molecule has 1 aliphatic rings. The lowest BCUT2D eigenvalue weighted by atomic mass is 10.1. The third kappa shape index (κ3) is 2.56. The number of sulfonamides is 1.